The SMILES string of the molecule is COC(=O)COc1ccc(OC)c(NS(=O)(=O)c2ccc(C)cc2)c1. The molecule has 0 saturated heterocycles. The van der Waals surface area contributed by atoms with E-state index >= 15 is 0 Å². The van der Waals surface area contributed by atoms with Crippen molar-refractivity contribution in [3.05, 3.63) is 48.0 Å². The summed E-state index contributed by atoms with van der Waals surface area (Å²) >= 11 is 0. The average Bonchev–Trinajstić information content (AvgIpc) is 2.59. The second-order valence-electron chi connectivity index (χ2n) is 5.15. The summed E-state index contributed by atoms with van der Waals surface area (Å²) in [6.45, 7) is 1.59. The maximum Gasteiger partial charge on any atom is 0.343 e. The molecule has 0 fully saturated rings. The van der Waals surface area contributed by atoms with E-state index in [-0.39, 0.29) is 17.2 Å². The van der Waals surface area contributed by atoms with Gasteiger partial charge in [-0.05, 0) is 31.2 Å². The van der Waals surface area contributed by atoms with Crippen molar-refractivity contribution in [3.63, 3.8) is 0 Å². The largest absolute Gasteiger partial charge is 0.495 e. The molecule has 0 aliphatic rings. The van der Waals surface area contributed by atoms with E-state index in [1.807, 2.05) is 6.92 Å². The number of anilines is 1. The number of hydrogen-bond donors (Lipinski definition) is 1. The van der Waals surface area contributed by atoms with Crippen LogP contribution < -0.4 is 14.2 Å². The number of carbonyl (C=O) groups excluding carboxylic acids is 1. The summed E-state index contributed by atoms with van der Waals surface area (Å²) in [4.78, 5) is 11.3. The average molecular weight is 365 g/mol. The van der Waals surface area contributed by atoms with Crippen molar-refractivity contribution in [2.75, 3.05) is 25.5 Å². The molecule has 0 saturated carbocycles. The third-order valence-electron chi connectivity index (χ3n) is 3.33. The Morgan fingerprint density at radius 1 is 1.08 bits per heavy atom. The summed E-state index contributed by atoms with van der Waals surface area (Å²) in [5.41, 5.74) is 1.15. The van der Waals surface area contributed by atoms with Gasteiger partial charge in [-0.15, -0.1) is 0 Å². The lowest BCUT2D eigenvalue weighted by molar-refractivity contribution is -0.142. The van der Waals surface area contributed by atoms with Crippen LogP contribution in [0.25, 0.3) is 0 Å². The number of hydrogen-bond acceptors (Lipinski definition) is 6. The lowest BCUT2D eigenvalue weighted by Gasteiger charge is -2.14. The molecule has 8 heteroatoms. The number of sulfonamides is 1. The zero-order valence-electron chi connectivity index (χ0n) is 14.1. The van der Waals surface area contributed by atoms with E-state index in [1.54, 1.807) is 24.3 Å². The minimum Gasteiger partial charge on any atom is -0.495 e. The molecule has 2 aromatic carbocycles. The topological polar surface area (TPSA) is 90.9 Å². The maximum absolute atomic E-state index is 12.5. The van der Waals surface area contributed by atoms with Crippen molar-refractivity contribution in [3.8, 4) is 11.5 Å². The van der Waals surface area contributed by atoms with Gasteiger partial charge in [-0.1, -0.05) is 17.7 Å². The Labute approximate surface area is 146 Å². The Morgan fingerprint density at radius 2 is 1.76 bits per heavy atom. The van der Waals surface area contributed by atoms with Crippen LogP contribution in [0.1, 0.15) is 5.56 Å². The predicted octanol–water partition coefficient (Wildman–Crippen LogP) is 2.36. The van der Waals surface area contributed by atoms with E-state index in [0.29, 0.717) is 11.5 Å². The van der Waals surface area contributed by atoms with Gasteiger partial charge in [0, 0.05) is 6.07 Å². The molecule has 0 aliphatic heterocycles. The number of aryl methyl sites for hydroxylation is 1. The molecular weight excluding hydrogens is 346 g/mol. The van der Waals surface area contributed by atoms with Crippen molar-refractivity contribution >= 4 is 21.7 Å². The van der Waals surface area contributed by atoms with Gasteiger partial charge in [0.05, 0.1) is 24.8 Å². The van der Waals surface area contributed by atoms with E-state index in [0.717, 1.165) is 5.56 Å². The van der Waals surface area contributed by atoms with Gasteiger partial charge in [0.15, 0.2) is 6.61 Å². The molecule has 7 nitrogen and oxygen atoms in total. The smallest absolute Gasteiger partial charge is 0.343 e. The lowest BCUT2D eigenvalue weighted by Crippen LogP contribution is -2.15. The van der Waals surface area contributed by atoms with E-state index in [9.17, 15) is 13.2 Å². The van der Waals surface area contributed by atoms with Crippen LogP contribution in [-0.2, 0) is 19.6 Å². The third kappa shape index (κ3) is 4.87. The molecule has 0 unspecified atom stereocenters. The van der Waals surface area contributed by atoms with Crippen LogP contribution in [0.15, 0.2) is 47.4 Å². The van der Waals surface area contributed by atoms with Crippen LogP contribution >= 0.6 is 0 Å². The highest BCUT2D eigenvalue weighted by atomic mass is 32.2. The van der Waals surface area contributed by atoms with Gasteiger partial charge in [0.2, 0.25) is 0 Å². The van der Waals surface area contributed by atoms with Crippen LogP contribution in [0.4, 0.5) is 5.69 Å². The molecule has 134 valence electrons. The second-order valence-corrected chi connectivity index (χ2v) is 6.83. The molecule has 1 N–H and O–H groups in total. The van der Waals surface area contributed by atoms with Gasteiger partial charge in [-0.25, -0.2) is 13.2 Å². The van der Waals surface area contributed by atoms with Gasteiger partial charge < -0.3 is 14.2 Å². The van der Waals surface area contributed by atoms with Gasteiger partial charge in [0.1, 0.15) is 11.5 Å². The fourth-order valence-corrected chi connectivity index (χ4v) is 3.04. The van der Waals surface area contributed by atoms with Gasteiger partial charge in [-0.2, -0.15) is 0 Å². The Bertz CT molecular complexity index is 846. The number of ether oxygens (including phenoxy) is 3. The van der Waals surface area contributed by atoms with Gasteiger partial charge >= 0.3 is 5.97 Å². The highest BCUT2D eigenvalue weighted by molar-refractivity contribution is 7.92. The summed E-state index contributed by atoms with van der Waals surface area (Å²) < 4.78 is 42.5. The molecule has 2 aromatic rings. The van der Waals surface area contributed by atoms with Gasteiger partial charge in [0.25, 0.3) is 10.0 Å². The fraction of sp³-hybridized carbons (Fsp3) is 0.235. The summed E-state index contributed by atoms with van der Waals surface area (Å²) in [5, 5.41) is 0. The summed E-state index contributed by atoms with van der Waals surface area (Å²) in [5.74, 6) is 0.0755. The molecule has 0 aliphatic carbocycles. The standard InChI is InChI=1S/C17H19NO6S/c1-12-4-7-14(8-5-12)25(20,21)18-15-10-13(6-9-16(15)22-2)24-11-17(19)23-3/h4-10,18H,11H2,1-3H3. The first-order valence-electron chi connectivity index (χ1n) is 7.33. The second kappa shape index (κ2) is 7.89. The molecule has 2 rings (SSSR count). The van der Waals surface area contributed by atoms with Crippen LogP contribution in [0.2, 0.25) is 0 Å². The molecule has 0 radical (unpaired) electrons. The van der Waals surface area contributed by atoms with E-state index in [2.05, 4.69) is 9.46 Å². The highest BCUT2D eigenvalue weighted by Crippen LogP contribution is 2.31. The summed E-state index contributed by atoms with van der Waals surface area (Å²) in [6.07, 6.45) is 0. The zero-order chi connectivity index (χ0) is 18.4. The minimum absolute atomic E-state index is 0.126. The molecule has 0 atom stereocenters. The van der Waals surface area contributed by atoms with Crippen LogP contribution in [-0.4, -0.2) is 35.2 Å². The van der Waals surface area contributed by atoms with Crippen molar-refractivity contribution in [2.24, 2.45) is 0 Å². The fourth-order valence-electron chi connectivity index (χ4n) is 1.98. The first-order valence-corrected chi connectivity index (χ1v) is 8.81. The Balaban J connectivity index is 2.27. The quantitative estimate of drug-likeness (QED) is 0.758. The van der Waals surface area contributed by atoms with Gasteiger partial charge in [-0.3, -0.25) is 4.72 Å². The molecule has 0 bridgehead atoms. The van der Waals surface area contributed by atoms with Crippen molar-refractivity contribution in [1.82, 2.24) is 0 Å². The number of methoxy groups -OCH3 is 2. The molecule has 0 aromatic heterocycles. The Hall–Kier alpha value is -2.74. The molecule has 25 heavy (non-hydrogen) atoms. The Morgan fingerprint density at radius 3 is 2.36 bits per heavy atom. The van der Waals surface area contributed by atoms with Crippen molar-refractivity contribution < 1.29 is 27.4 Å². The number of esters is 1. The Kier molecular flexibility index (Phi) is 5.87. The summed E-state index contributed by atoms with van der Waals surface area (Å²) in [7, 11) is -1.12. The number of rotatable bonds is 7. The van der Waals surface area contributed by atoms with Crippen LogP contribution in [0.5, 0.6) is 11.5 Å². The zero-order valence-corrected chi connectivity index (χ0v) is 14.9. The molecule has 0 heterocycles. The van der Waals surface area contributed by atoms with E-state index in [1.165, 1.54) is 32.4 Å². The highest BCUT2D eigenvalue weighted by Gasteiger charge is 2.17. The van der Waals surface area contributed by atoms with Crippen molar-refractivity contribution in [1.29, 1.82) is 0 Å². The first-order chi connectivity index (χ1) is 11.9. The monoisotopic (exact) mass is 365 g/mol. The third-order valence-corrected chi connectivity index (χ3v) is 4.71. The predicted molar refractivity (Wildman–Crippen MR) is 92.5 cm³/mol. The van der Waals surface area contributed by atoms with Crippen LogP contribution in [0, 0.1) is 6.92 Å². The normalized spacial score (nSPS) is 10.8. The summed E-state index contributed by atoms with van der Waals surface area (Å²) in [6, 6.07) is 11.0. The first kappa shape index (κ1) is 18.6. The number of nitrogens with one attached hydrogen (secondary N) is 1. The van der Waals surface area contributed by atoms with Crippen LogP contribution in [0.3, 0.4) is 0 Å². The number of benzene rings is 2. The molecule has 0 spiro atoms. The maximum atomic E-state index is 12.5. The molecular formula is C17H19NO6S. The molecule has 0 amide bonds. The van der Waals surface area contributed by atoms with E-state index < -0.39 is 16.0 Å². The van der Waals surface area contributed by atoms with E-state index in [4.69, 9.17) is 9.47 Å². The minimum atomic E-state index is -3.79. The number of carbonyl (C=O) groups is 1. The lowest BCUT2D eigenvalue weighted by atomic mass is 10.2. The van der Waals surface area contributed by atoms with Crippen molar-refractivity contribution in [2.45, 2.75) is 11.8 Å².